The normalized spacial score (nSPS) is 14.3. The van der Waals surface area contributed by atoms with E-state index in [1.165, 1.54) is 0 Å². The summed E-state index contributed by atoms with van der Waals surface area (Å²) in [6.45, 7) is 5.27. The number of para-hydroxylation sites is 1. The third kappa shape index (κ3) is 3.88. The molecule has 138 valence electrons. The van der Waals surface area contributed by atoms with Crippen LogP contribution in [0, 0.1) is 0 Å². The highest BCUT2D eigenvalue weighted by molar-refractivity contribution is 6.33. The molecule has 1 fully saturated rings. The van der Waals surface area contributed by atoms with Crippen LogP contribution in [0.25, 0.3) is 0 Å². The smallest absolute Gasteiger partial charge is 0.254 e. The van der Waals surface area contributed by atoms with E-state index in [1.807, 2.05) is 36.1 Å². The van der Waals surface area contributed by atoms with Crippen LogP contribution in [0.5, 0.6) is 11.5 Å². The number of hydrogen-bond acceptors (Lipinski definition) is 4. The van der Waals surface area contributed by atoms with Gasteiger partial charge in [0.15, 0.2) is 11.5 Å². The summed E-state index contributed by atoms with van der Waals surface area (Å²) in [4.78, 5) is 16.9. The van der Waals surface area contributed by atoms with Gasteiger partial charge in [0.1, 0.15) is 0 Å². The molecule has 6 heteroatoms. The van der Waals surface area contributed by atoms with Gasteiger partial charge in [-0.05, 0) is 37.3 Å². The Bertz CT molecular complexity index is 773. The number of piperazine rings is 1. The van der Waals surface area contributed by atoms with Crippen molar-refractivity contribution >= 4 is 23.2 Å². The van der Waals surface area contributed by atoms with Crippen molar-refractivity contribution in [1.82, 2.24) is 4.90 Å². The number of carbonyl (C=O) groups is 1. The maximum Gasteiger partial charge on any atom is 0.254 e. The Hall–Kier alpha value is -2.40. The highest BCUT2D eigenvalue weighted by atomic mass is 35.5. The van der Waals surface area contributed by atoms with Gasteiger partial charge in [0, 0.05) is 31.7 Å². The maximum absolute atomic E-state index is 12.8. The SMILES string of the molecule is CCOc1ccc(C(=O)N2CCN(c3ccccc3Cl)CC2)cc1OC. The standard InChI is InChI=1S/C20H23ClN2O3/c1-3-26-18-9-8-15(14-19(18)25-2)20(24)23-12-10-22(11-13-23)17-7-5-4-6-16(17)21/h4-9,14H,3,10-13H2,1-2H3. The van der Waals surface area contributed by atoms with Gasteiger partial charge in [-0.2, -0.15) is 0 Å². The number of nitrogens with zero attached hydrogens (tertiary/aromatic N) is 2. The molecule has 1 heterocycles. The van der Waals surface area contributed by atoms with E-state index in [-0.39, 0.29) is 5.91 Å². The average Bonchev–Trinajstić information content (AvgIpc) is 2.68. The summed E-state index contributed by atoms with van der Waals surface area (Å²) < 4.78 is 10.9. The lowest BCUT2D eigenvalue weighted by Gasteiger charge is -2.36. The van der Waals surface area contributed by atoms with E-state index in [0.29, 0.717) is 36.8 Å². The first-order chi connectivity index (χ1) is 12.6. The van der Waals surface area contributed by atoms with Crippen LogP contribution in [0.3, 0.4) is 0 Å². The molecule has 0 unspecified atom stereocenters. The van der Waals surface area contributed by atoms with Crippen molar-refractivity contribution in [3.63, 3.8) is 0 Å². The van der Waals surface area contributed by atoms with Crippen molar-refractivity contribution in [2.75, 3.05) is 44.8 Å². The van der Waals surface area contributed by atoms with E-state index in [9.17, 15) is 4.79 Å². The van der Waals surface area contributed by atoms with Gasteiger partial charge >= 0.3 is 0 Å². The van der Waals surface area contributed by atoms with Crippen LogP contribution in [0.15, 0.2) is 42.5 Å². The molecule has 26 heavy (non-hydrogen) atoms. The van der Waals surface area contributed by atoms with E-state index in [0.717, 1.165) is 23.8 Å². The number of carbonyl (C=O) groups excluding carboxylic acids is 1. The monoisotopic (exact) mass is 374 g/mol. The Kier molecular flexibility index (Phi) is 5.89. The fraction of sp³-hybridized carbons (Fsp3) is 0.350. The fourth-order valence-corrected chi connectivity index (χ4v) is 3.37. The maximum atomic E-state index is 12.8. The van der Waals surface area contributed by atoms with Crippen molar-refractivity contribution in [3.05, 3.63) is 53.1 Å². The predicted octanol–water partition coefficient (Wildman–Crippen LogP) is 3.71. The first-order valence-corrected chi connectivity index (χ1v) is 9.11. The number of anilines is 1. The third-order valence-electron chi connectivity index (χ3n) is 4.47. The zero-order chi connectivity index (χ0) is 18.5. The molecule has 3 rings (SSSR count). The summed E-state index contributed by atoms with van der Waals surface area (Å²) in [5.41, 5.74) is 1.63. The number of rotatable bonds is 5. The molecule has 0 atom stereocenters. The highest BCUT2D eigenvalue weighted by Gasteiger charge is 2.24. The number of ether oxygens (including phenoxy) is 2. The minimum absolute atomic E-state index is 0.00478. The second-order valence-corrected chi connectivity index (χ2v) is 6.44. The molecule has 0 spiro atoms. The number of halogens is 1. The molecule has 1 aliphatic heterocycles. The van der Waals surface area contributed by atoms with Gasteiger partial charge in [-0.1, -0.05) is 23.7 Å². The zero-order valence-electron chi connectivity index (χ0n) is 15.1. The van der Waals surface area contributed by atoms with Crippen molar-refractivity contribution < 1.29 is 14.3 Å². The number of amides is 1. The van der Waals surface area contributed by atoms with Crippen molar-refractivity contribution in [1.29, 1.82) is 0 Å². The summed E-state index contributed by atoms with van der Waals surface area (Å²) in [7, 11) is 1.58. The summed E-state index contributed by atoms with van der Waals surface area (Å²) >= 11 is 6.28. The summed E-state index contributed by atoms with van der Waals surface area (Å²) in [5.74, 6) is 1.23. The van der Waals surface area contributed by atoms with Gasteiger partial charge in [-0.25, -0.2) is 0 Å². The minimum atomic E-state index is 0.00478. The van der Waals surface area contributed by atoms with E-state index < -0.39 is 0 Å². The van der Waals surface area contributed by atoms with Crippen LogP contribution in [0.4, 0.5) is 5.69 Å². The second-order valence-electron chi connectivity index (χ2n) is 6.03. The van der Waals surface area contributed by atoms with Crippen LogP contribution < -0.4 is 14.4 Å². The lowest BCUT2D eigenvalue weighted by atomic mass is 10.1. The molecule has 2 aromatic carbocycles. The molecule has 0 N–H and O–H groups in total. The van der Waals surface area contributed by atoms with Gasteiger partial charge in [0.05, 0.1) is 24.4 Å². The Labute approximate surface area is 159 Å². The molecule has 0 saturated carbocycles. The van der Waals surface area contributed by atoms with E-state index in [2.05, 4.69) is 4.90 Å². The van der Waals surface area contributed by atoms with Crippen LogP contribution in [-0.2, 0) is 0 Å². The Morgan fingerprint density at radius 2 is 1.81 bits per heavy atom. The van der Waals surface area contributed by atoms with Crippen LogP contribution in [-0.4, -0.2) is 50.7 Å². The minimum Gasteiger partial charge on any atom is -0.493 e. The van der Waals surface area contributed by atoms with Crippen molar-refractivity contribution in [3.8, 4) is 11.5 Å². The lowest BCUT2D eigenvalue weighted by molar-refractivity contribution is 0.0746. The third-order valence-corrected chi connectivity index (χ3v) is 4.79. The number of hydrogen-bond donors (Lipinski definition) is 0. The van der Waals surface area contributed by atoms with Crippen LogP contribution >= 0.6 is 11.6 Å². The van der Waals surface area contributed by atoms with Gasteiger partial charge in [-0.3, -0.25) is 4.79 Å². The van der Waals surface area contributed by atoms with E-state index in [1.54, 1.807) is 25.3 Å². The Morgan fingerprint density at radius 3 is 2.46 bits per heavy atom. The average molecular weight is 375 g/mol. The predicted molar refractivity (Wildman–Crippen MR) is 104 cm³/mol. The number of methoxy groups -OCH3 is 1. The molecule has 1 saturated heterocycles. The number of benzene rings is 2. The molecule has 1 aliphatic rings. The molecular formula is C20H23ClN2O3. The topological polar surface area (TPSA) is 42.0 Å². The first kappa shape index (κ1) is 18.4. The van der Waals surface area contributed by atoms with E-state index in [4.69, 9.17) is 21.1 Å². The molecule has 1 amide bonds. The van der Waals surface area contributed by atoms with Crippen molar-refractivity contribution in [2.24, 2.45) is 0 Å². The van der Waals surface area contributed by atoms with Crippen molar-refractivity contribution in [2.45, 2.75) is 6.92 Å². The van der Waals surface area contributed by atoms with Crippen LogP contribution in [0.2, 0.25) is 5.02 Å². The van der Waals surface area contributed by atoms with Gasteiger partial charge in [0.2, 0.25) is 0 Å². The van der Waals surface area contributed by atoms with Gasteiger partial charge in [-0.15, -0.1) is 0 Å². The molecule has 0 aromatic heterocycles. The second kappa shape index (κ2) is 8.32. The van der Waals surface area contributed by atoms with Crippen LogP contribution in [0.1, 0.15) is 17.3 Å². The van der Waals surface area contributed by atoms with E-state index >= 15 is 0 Å². The molecule has 0 radical (unpaired) electrons. The molecule has 5 nitrogen and oxygen atoms in total. The molecule has 2 aromatic rings. The molecule has 0 aliphatic carbocycles. The summed E-state index contributed by atoms with van der Waals surface area (Å²) in [6.07, 6.45) is 0. The molecular weight excluding hydrogens is 352 g/mol. The Balaban J connectivity index is 1.68. The quantitative estimate of drug-likeness (QED) is 0.800. The lowest BCUT2D eigenvalue weighted by Crippen LogP contribution is -2.48. The fourth-order valence-electron chi connectivity index (χ4n) is 3.12. The Morgan fingerprint density at radius 1 is 1.08 bits per heavy atom. The zero-order valence-corrected chi connectivity index (χ0v) is 15.8. The van der Waals surface area contributed by atoms with Gasteiger partial charge in [0.25, 0.3) is 5.91 Å². The van der Waals surface area contributed by atoms with Gasteiger partial charge < -0.3 is 19.3 Å². The summed E-state index contributed by atoms with van der Waals surface area (Å²) in [5, 5.41) is 0.739. The highest BCUT2D eigenvalue weighted by Crippen LogP contribution is 2.29. The first-order valence-electron chi connectivity index (χ1n) is 8.73. The molecule has 0 bridgehead atoms. The summed E-state index contributed by atoms with van der Waals surface area (Å²) in [6, 6.07) is 13.1. The largest absolute Gasteiger partial charge is 0.493 e.